The lowest BCUT2D eigenvalue weighted by Gasteiger charge is -2.18. The zero-order chi connectivity index (χ0) is 16.0. The molecule has 0 fully saturated rings. The van der Waals surface area contributed by atoms with Crippen molar-refractivity contribution in [2.24, 2.45) is 0 Å². The molecule has 1 aromatic rings. The van der Waals surface area contributed by atoms with Crippen LogP contribution in [0, 0.1) is 11.3 Å². The molecule has 7 nitrogen and oxygen atoms in total. The van der Waals surface area contributed by atoms with Gasteiger partial charge in [0.05, 0.1) is 30.3 Å². The number of nitrogens with one attached hydrogen (secondary N) is 1. The number of carbonyl (C=O) groups excluding carboxylic acids is 1. The minimum Gasteiger partial charge on any atom is -0.496 e. The molecule has 21 heavy (non-hydrogen) atoms. The number of carboxylic acids is 1. The van der Waals surface area contributed by atoms with Crippen LogP contribution >= 0.6 is 11.6 Å². The molecule has 1 rings (SSSR count). The highest BCUT2D eigenvalue weighted by Gasteiger charge is 2.17. The molecule has 0 atom stereocenters. The van der Waals surface area contributed by atoms with Crippen molar-refractivity contribution in [3.63, 3.8) is 0 Å². The Balaban J connectivity index is 2.97. The zero-order valence-electron chi connectivity index (χ0n) is 11.5. The first-order valence-corrected chi connectivity index (χ1v) is 6.28. The SMILES string of the molecule is COc1cc(NC(=O)N(C)CCC#N)c(Cl)cc1C(=O)O. The first kappa shape index (κ1) is 16.6. The number of aromatic carboxylic acids is 1. The number of anilines is 1. The highest BCUT2D eigenvalue weighted by Crippen LogP contribution is 2.31. The Labute approximate surface area is 126 Å². The van der Waals surface area contributed by atoms with E-state index in [2.05, 4.69) is 5.32 Å². The van der Waals surface area contributed by atoms with Crippen LogP contribution in [0.3, 0.4) is 0 Å². The quantitative estimate of drug-likeness (QED) is 0.869. The molecule has 0 aromatic heterocycles. The monoisotopic (exact) mass is 311 g/mol. The number of carboxylic acid groups (broad SMARTS) is 1. The zero-order valence-corrected chi connectivity index (χ0v) is 12.3. The van der Waals surface area contributed by atoms with Crippen molar-refractivity contribution in [3.05, 3.63) is 22.7 Å². The molecule has 0 aliphatic carbocycles. The van der Waals surface area contributed by atoms with E-state index in [-0.39, 0.29) is 35.0 Å². The molecule has 0 saturated heterocycles. The Bertz CT molecular complexity index is 598. The van der Waals surface area contributed by atoms with Crippen molar-refractivity contribution in [2.75, 3.05) is 26.0 Å². The number of nitriles is 1. The number of nitrogens with zero attached hydrogens (tertiary/aromatic N) is 2. The summed E-state index contributed by atoms with van der Waals surface area (Å²) in [5.74, 6) is -1.10. The number of halogens is 1. The summed E-state index contributed by atoms with van der Waals surface area (Å²) in [4.78, 5) is 24.2. The number of rotatable bonds is 5. The molecule has 1 aromatic carbocycles. The van der Waals surface area contributed by atoms with Crippen molar-refractivity contribution >= 4 is 29.3 Å². The number of ether oxygens (including phenoxy) is 1. The number of hydrogen-bond donors (Lipinski definition) is 2. The molecule has 0 spiro atoms. The molecule has 0 aliphatic rings. The van der Waals surface area contributed by atoms with Crippen LogP contribution in [-0.2, 0) is 0 Å². The van der Waals surface area contributed by atoms with Crippen molar-refractivity contribution in [2.45, 2.75) is 6.42 Å². The summed E-state index contributed by atoms with van der Waals surface area (Å²) in [6, 6.07) is 4.01. The number of hydrogen-bond acceptors (Lipinski definition) is 4. The molecular formula is C13H14ClN3O4. The van der Waals surface area contributed by atoms with Crippen molar-refractivity contribution in [1.29, 1.82) is 5.26 Å². The molecule has 0 unspecified atom stereocenters. The van der Waals surface area contributed by atoms with Gasteiger partial charge < -0.3 is 20.1 Å². The first-order chi connectivity index (χ1) is 9.90. The van der Waals surface area contributed by atoms with Gasteiger partial charge in [0.2, 0.25) is 0 Å². The molecule has 112 valence electrons. The standard InChI is InChI=1S/C13H14ClN3O4/c1-17(5-3-4-15)13(20)16-10-7-11(21-2)8(12(18)19)6-9(10)14/h6-7H,3,5H2,1-2H3,(H,16,20)(H,18,19). The molecule has 8 heteroatoms. The predicted octanol–water partition coefficient (Wildman–Crippen LogP) is 2.42. The Morgan fingerprint density at radius 1 is 1.52 bits per heavy atom. The lowest BCUT2D eigenvalue weighted by molar-refractivity contribution is 0.0693. The lowest BCUT2D eigenvalue weighted by Crippen LogP contribution is -2.32. The lowest BCUT2D eigenvalue weighted by atomic mass is 10.2. The molecule has 0 saturated carbocycles. The third-order valence-electron chi connectivity index (χ3n) is 2.67. The van der Waals surface area contributed by atoms with E-state index in [1.54, 1.807) is 0 Å². The maximum absolute atomic E-state index is 11.9. The van der Waals surface area contributed by atoms with E-state index in [4.69, 9.17) is 26.7 Å². The highest BCUT2D eigenvalue weighted by atomic mass is 35.5. The summed E-state index contributed by atoms with van der Waals surface area (Å²) in [6.45, 7) is 0.268. The normalized spacial score (nSPS) is 9.62. The minimum absolute atomic E-state index is 0.0789. The summed E-state index contributed by atoms with van der Waals surface area (Å²) in [5, 5.41) is 20.1. The van der Waals surface area contributed by atoms with Gasteiger partial charge in [-0.1, -0.05) is 11.6 Å². The summed E-state index contributed by atoms with van der Waals surface area (Å²) >= 11 is 5.95. The summed E-state index contributed by atoms with van der Waals surface area (Å²) in [6.07, 6.45) is 0.207. The first-order valence-electron chi connectivity index (χ1n) is 5.90. The van der Waals surface area contributed by atoms with Crippen molar-refractivity contribution in [3.8, 4) is 11.8 Å². The average molecular weight is 312 g/mol. The molecule has 0 heterocycles. The van der Waals surface area contributed by atoms with Gasteiger partial charge in [0.15, 0.2) is 0 Å². The van der Waals surface area contributed by atoms with Crippen LogP contribution in [0.2, 0.25) is 5.02 Å². The van der Waals surface area contributed by atoms with Crippen molar-refractivity contribution < 1.29 is 19.4 Å². The number of methoxy groups -OCH3 is 1. The summed E-state index contributed by atoms with van der Waals surface area (Å²) < 4.78 is 4.96. The molecule has 2 amide bonds. The molecule has 0 radical (unpaired) electrons. The predicted molar refractivity (Wildman–Crippen MR) is 76.8 cm³/mol. The number of urea groups is 1. The Morgan fingerprint density at radius 3 is 2.71 bits per heavy atom. The van der Waals surface area contributed by atoms with Gasteiger partial charge in [-0.15, -0.1) is 0 Å². The Morgan fingerprint density at radius 2 is 2.19 bits per heavy atom. The van der Waals surface area contributed by atoms with Gasteiger partial charge in [0, 0.05) is 19.7 Å². The smallest absolute Gasteiger partial charge is 0.339 e. The molecular weight excluding hydrogens is 298 g/mol. The topological polar surface area (TPSA) is 103 Å². The second kappa shape index (κ2) is 7.36. The van der Waals surface area contributed by atoms with Crippen LogP contribution in [0.5, 0.6) is 5.75 Å². The van der Waals surface area contributed by atoms with E-state index in [0.29, 0.717) is 0 Å². The maximum atomic E-state index is 11.9. The second-order valence-corrected chi connectivity index (χ2v) is 4.50. The van der Waals surface area contributed by atoms with Gasteiger partial charge in [-0.3, -0.25) is 0 Å². The minimum atomic E-state index is -1.18. The Kier molecular flexibility index (Phi) is 5.81. The largest absolute Gasteiger partial charge is 0.496 e. The number of carbonyl (C=O) groups is 2. The van der Waals surface area contributed by atoms with Crippen LogP contribution in [-0.4, -0.2) is 42.7 Å². The van der Waals surface area contributed by atoms with E-state index in [1.165, 1.54) is 31.2 Å². The third-order valence-corrected chi connectivity index (χ3v) is 2.98. The van der Waals surface area contributed by atoms with Crippen LogP contribution in [0.4, 0.5) is 10.5 Å². The third kappa shape index (κ3) is 4.26. The van der Waals surface area contributed by atoms with E-state index < -0.39 is 12.0 Å². The Hall–Kier alpha value is -2.46. The molecule has 0 bridgehead atoms. The van der Waals surface area contributed by atoms with Gasteiger partial charge in [-0.2, -0.15) is 5.26 Å². The second-order valence-electron chi connectivity index (χ2n) is 4.10. The molecule has 0 aliphatic heterocycles. The van der Waals surface area contributed by atoms with E-state index >= 15 is 0 Å². The van der Waals surface area contributed by atoms with Gasteiger partial charge in [-0.25, -0.2) is 9.59 Å². The fourth-order valence-electron chi connectivity index (χ4n) is 1.52. The van der Waals surface area contributed by atoms with E-state index in [1.807, 2.05) is 6.07 Å². The van der Waals surface area contributed by atoms with Crippen LogP contribution in [0.1, 0.15) is 16.8 Å². The summed E-state index contributed by atoms with van der Waals surface area (Å²) in [5.41, 5.74) is 0.130. The van der Waals surface area contributed by atoms with Crippen LogP contribution in [0.15, 0.2) is 12.1 Å². The summed E-state index contributed by atoms with van der Waals surface area (Å²) in [7, 11) is 2.85. The maximum Gasteiger partial charge on any atom is 0.339 e. The van der Waals surface area contributed by atoms with Gasteiger partial charge in [-0.05, 0) is 6.07 Å². The van der Waals surface area contributed by atoms with E-state index in [0.717, 1.165) is 0 Å². The highest BCUT2D eigenvalue weighted by molar-refractivity contribution is 6.34. The van der Waals surface area contributed by atoms with Crippen LogP contribution in [0.25, 0.3) is 0 Å². The van der Waals surface area contributed by atoms with Crippen LogP contribution < -0.4 is 10.1 Å². The average Bonchev–Trinajstić information content (AvgIpc) is 2.45. The fraction of sp³-hybridized carbons (Fsp3) is 0.308. The van der Waals surface area contributed by atoms with E-state index in [9.17, 15) is 9.59 Å². The van der Waals surface area contributed by atoms with Gasteiger partial charge in [0.1, 0.15) is 11.3 Å². The number of benzene rings is 1. The van der Waals surface area contributed by atoms with Gasteiger partial charge >= 0.3 is 12.0 Å². The molecule has 2 N–H and O–H groups in total. The number of amides is 2. The van der Waals surface area contributed by atoms with Gasteiger partial charge in [0.25, 0.3) is 0 Å². The van der Waals surface area contributed by atoms with Crippen molar-refractivity contribution in [1.82, 2.24) is 4.90 Å². The fourth-order valence-corrected chi connectivity index (χ4v) is 1.73.